The molecule has 0 N–H and O–H groups in total. The Labute approximate surface area is 195 Å². The second kappa shape index (κ2) is 8.97. The molecule has 1 fully saturated rings. The molecule has 32 heavy (non-hydrogen) atoms. The number of ether oxygens (including phenoxy) is 1. The van der Waals surface area contributed by atoms with Crippen LogP contribution in [-0.2, 0) is 20.9 Å². The zero-order chi connectivity index (χ0) is 22.1. The Balaban J connectivity index is 1.26. The minimum atomic E-state index is -0.638. The van der Waals surface area contributed by atoms with Crippen molar-refractivity contribution in [2.75, 3.05) is 13.2 Å². The third-order valence-electron chi connectivity index (χ3n) is 5.45. The predicted molar refractivity (Wildman–Crippen MR) is 126 cm³/mol. The molecule has 1 aliphatic heterocycles. The van der Waals surface area contributed by atoms with Crippen molar-refractivity contribution in [3.63, 3.8) is 0 Å². The van der Waals surface area contributed by atoms with E-state index in [1.54, 1.807) is 27.6 Å². The van der Waals surface area contributed by atoms with E-state index in [0.717, 1.165) is 28.2 Å². The molecule has 4 aromatic heterocycles. The molecule has 7 nitrogen and oxygen atoms in total. The van der Waals surface area contributed by atoms with Crippen LogP contribution in [0.15, 0.2) is 51.5 Å². The van der Waals surface area contributed by atoms with Crippen molar-refractivity contribution in [3.8, 4) is 10.4 Å². The average molecular weight is 486 g/mol. The van der Waals surface area contributed by atoms with Crippen molar-refractivity contribution in [1.82, 2.24) is 14.5 Å². The minimum absolute atomic E-state index is 0.0460. The third kappa shape index (κ3) is 4.01. The largest absolute Gasteiger partial charge is 0.454 e. The summed E-state index contributed by atoms with van der Waals surface area (Å²) in [6.45, 7) is 0.0375. The monoisotopic (exact) mass is 485 g/mol. The summed E-state index contributed by atoms with van der Waals surface area (Å²) in [6, 6.07) is 7.92. The molecular formula is C22H19N3O4S3. The summed E-state index contributed by atoms with van der Waals surface area (Å²) in [5, 5.41) is 6.35. The highest BCUT2D eigenvalue weighted by atomic mass is 32.1. The van der Waals surface area contributed by atoms with Gasteiger partial charge in [-0.25, -0.2) is 4.98 Å². The topological polar surface area (TPSA) is 81.5 Å². The van der Waals surface area contributed by atoms with E-state index in [2.05, 4.69) is 4.98 Å². The van der Waals surface area contributed by atoms with Gasteiger partial charge in [0.2, 0.25) is 0 Å². The Morgan fingerprint density at radius 1 is 1.16 bits per heavy atom. The third-order valence-corrected chi connectivity index (χ3v) is 8.21. The number of esters is 1. The molecule has 0 aromatic carbocycles. The molecule has 1 atom stereocenters. The number of aromatic nitrogens is 2. The number of likely N-dealkylation sites (tertiary alicyclic amines) is 1. The van der Waals surface area contributed by atoms with Crippen LogP contribution < -0.4 is 5.56 Å². The normalized spacial score (nSPS) is 16.0. The maximum Gasteiger partial charge on any atom is 0.326 e. The van der Waals surface area contributed by atoms with Crippen LogP contribution in [0, 0.1) is 0 Å². The second-order valence-electron chi connectivity index (χ2n) is 7.41. The van der Waals surface area contributed by atoms with Crippen molar-refractivity contribution < 1.29 is 14.3 Å². The van der Waals surface area contributed by atoms with Crippen molar-refractivity contribution in [3.05, 3.63) is 62.0 Å². The Kier molecular flexibility index (Phi) is 5.90. The van der Waals surface area contributed by atoms with Gasteiger partial charge in [0.15, 0.2) is 6.61 Å². The van der Waals surface area contributed by atoms with Crippen LogP contribution in [0.4, 0.5) is 0 Å². The Morgan fingerprint density at radius 3 is 2.78 bits per heavy atom. The lowest BCUT2D eigenvalue weighted by molar-refractivity contribution is -0.153. The van der Waals surface area contributed by atoms with Crippen molar-refractivity contribution in [2.24, 2.45) is 0 Å². The van der Waals surface area contributed by atoms with E-state index < -0.39 is 5.97 Å². The van der Waals surface area contributed by atoms with Crippen LogP contribution in [0.3, 0.4) is 0 Å². The first-order valence-corrected chi connectivity index (χ1v) is 12.7. The molecule has 4 aromatic rings. The number of carbonyl (C=O) groups is 2. The molecule has 5 rings (SSSR count). The predicted octanol–water partition coefficient (Wildman–Crippen LogP) is 4.15. The van der Waals surface area contributed by atoms with Crippen LogP contribution in [0.2, 0.25) is 0 Å². The Morgan fingerprint density at radius 2 is 2.00 bits per heavy atom. The number of amides is 1. The zero-order valence-electron chi connectivity index (χ0n) is 16.9. The standard InChI is InChI=1S/C22H19N3O4S3/c26-18(25-7-1-4-15(25)17-6-3-9-31-17)11-29-19(27)10-24-13-23-21-20(22(24)28)14(12-32-21)16-5-2-8-30-16/h2-3,5-6,8-9,12-13,15H,1,4,7,10-11H2. The summed E-state index contributed by atoms with van der Waals surface area (Å²) >= 11 is 4.57. The summed E-state index contributed by atoms with van der Waals surface area (Å²) in [6.07, 6.45) is 3.20. The lowest BCUT2D eigenvalue weighted by Gasteiger charge is -2.23. The van der Waals surface area contributed by atoms with Crippen LogP contribution in [0.5, 0.6) is 0 Å². The summed E-state index contributed by atoms with van der Waals surface area (Å²) in [5.74, 6) is -0.852. The maximum atomic E-state index is 13.0. The smallest absolute Gasteiger partial charge is 0.326 e. The molecule has 1 amide bonds. The fourth-order valence-corrected chi connectivity index (χ4v) is 6.54. The van der Waals surface area contributed by atoms with Crippen LogP contribution in [0.25, 0.3) is 20.7 Å². The minimum Gasteiger partial charge on any atom is -0.454 e. The van der Waals surface area contributed by atoms with Gasteiger partial charge in [-0.15, -0.1) is 34.0 Å². The first-order valence-electron chi connectivity index (χ1n) is 10.1. The van der Waals surface area contributed by atoms with E-state index in [1.807, 2.05) is 40.4 Å². The van der Waals surface area contributed by atoms with Gasteiger partial charge in [0.1, 0.15) is 11.4 Å². The Bertz CT molecular complexity index is 1310. The van der Waals surface area contributed by atoms with E-state index in [0.29, 0.717) is 16.8 Å². The van der Waals surface area contributed by atoms with Gasteiger partial charge in [-0.2, -0.15) is 0 Å². The zero-order valence-corrected chi connectivity index (χ0v) is 19.4. The highest BCUT2D eigenvalue weighted by Crippen LogP contribution is 2.35. The van der Waals surface area contributed by atoms with Crippen molar-refractivity contribution >= 4 is 56.1 Å². The van der Waals surface area contributed by atoms with E-state index in [9.17, 15) is 14.4 Å². The van der Waals surface area contributed by atoms with Gasteiger partial charge in [0.05, 0.1) is 17.8 Å². The number of hydrogen-bond acceptors (Lipinski definition) is 8. The number of fused-ring (bicyclic) bond motifs is 1. The lowest BCUT2D eigenvalue weighted by atomic mass is 10.2. The first-order chi connectivity index (χ1) is 15.6. The average Bonchev–Trinajstić information content (AvgIpc) is 3.59. The van der Waals surface area contributed by atoms with Crippen LogP contribution in [-0.4, -0.2) is 39.5 Å². The molecule has 0 spiro atoms. The number of thiophene rings is 3. The number of carbonyl (C=O) groups excluding carboxylic acids is 2. The second-order valence-corrected chi connectivity index (χ2v) is 10.2. The fourth-order valence-electron chi connectivity index (χ4n) is 3.95. The van der Waals surface area contributed by atoms with Gasteiger partial charge in [-0.05, 0) is 35.7 Å². The fraction of sp³-hybridized carbons (Fsp3) is 0.273. The van der Waals surface area contributed by atoms with E-state index >= 15 is 0 Å². The highest BCUT2D eigenvalue weighted by molar-refractivity contribution is 7.18. The molecular weight excluding hydrogens is 466 g/mol. The summed E-state index contributed by atoms with van der Waals surface area (Å²) < 4.78 is 6.47. The van der Waals surface area contributed by atoms with Crippen molar-refractivity contribution in [1.29, 1.82) is 0 Å². The molecule has 1 aliphatic rings. The molecule has 1 unspecified atom stereocenters. The quantitative estimate of drug-likeness (QED) is 0.383. The molecule has 164 valence electrons. The van der Waals surface area contributed by atoms with Gasteiger partial charge in [-0.1, -0.05) is 12.1 Å². The summed E-state index contributed by atoms with van der Waals surface area (Å²) in [5.41, 5.74) is 0.532. The lowest BCUT2D eigenvalue weighted by Crippen LogP contribution is -2.35. The van der Waals surface area contributed by atoms with Crippen molar-refractivity contribution in [2.45, 2.75) is 25.4 Å². The van der Waals surface area contributed by atoms with Crippen LogP contribution >= 0.6 is 34.0 Å². The highest BCUT2D eigenvalue weighted by Gasteiger charge is 2.31. The van der Waals surface area contributed by atoms with Gasteiger partial charge in [-0.3, -0.25) is 19.0 Å². The first kappa shape index (κ1) is 21.0. The molecule has 1 saturated heterocycles. The molecule has 0 saturated carbocycles. The van der Waals surface area contributed by atoms with Gasteiger partial charge in [0, 0.05) is 27.2 Å². The van der Waals surface area contributed by atoms with Gasteiger partial charge >= 0.3 is 5.97 Å². The van der Waals surface area contributed by atoms with E-state index in [-0.39, 0.29) is 30.7 Å². The Hall–Kier alpha value is -2.82. The molecule has 0 aliphatic carbocycles. The van der Waals surface area contributed by atoms with E-state index in [1.165, 1.54) is 22.2 Å². The number of hydrogen-bond donors (Lipinski definition) is 0. The summed E-state index contributed by atoms with van der Waals surface area (Å²) in [4.78, 5) is 46.9. The van der Waals surface area contributed by atoms with E-state index in [4.69, 9.17) is 4.74 Å². The van der Waals surface area contributed by atoms with Gasteiger partial charge in [0.25, 0.3) is 11.5 Å². The van der Waals surface area contributed by atoms with Gasteiger partial charge < -0.3 is 9.64 Å². The molecule has 0 bridgehead atoms. The molecule has 0 radical (unpaired) electrons. The number of rotatable bonds is 6. The van der Waals surface area contributed by atoms with Crippen LogP contribution in [0.1, 0.15) is 23.8 Å². The maximum absolute atomic E-state index is 13.0. The molecule has 5 heterocycles. The SMILES string of the molecule is O=C(Cn1cnc2scc(-c3cccs3)c2c1=O)OCC(=O)N1CCCC1c1cccs1. The number of nitrogens with zero attached hydrogens (tertiary/aromatic N) is 3. The molecule has 10 heteroatoms. The summed E-state index contributed by atoms with van der Waals surface area (Å²) in [7, 11) is 0.